The van der Waals surface area contributed by atoms with Gasteiger partial charge in [-0.2, -0.15) is 5.26 Å². The molecule has 1 unspecified atom stereocenters. The van der Waals surface area contributed by atoms with Crippen LogP contribution in [-0.2, 0) is 14.9 Å². The zero-order valence-corrected chi connectivity index (χ0v) is 13.4. The van der Waals surface area contributed by atoms with E-state index in [0.29, 0.717) is 6.61 Å². The van der Waals surface area contributed by atoms with E-state index >= 15 is 0 Å². The summed E-state index contributed by atoms with van der Waals surface area (Å²) in [5, 5.41) is 9.85. The van der Waals surface area contributed by atoms with Gasteiger partial charge in [-0.25, -0.2) is 0 Å². The number of nitrogens with zero attached hydrogens (tertiary/aromatic N) is 1. The third kappa shape index (κ3) is 3.45. The van der Waals surface area contributed by atoms with Gasteiger partial charge in [-0.3, -0.25) is 0 Å². The average molecular weight is 287 g/mol. The van der Waals surface area contributed by atoms with E-state index in [1.54, 1.807) is 0 Å². The van der Waals surface area contributed by atoms with Crippen molar-refractivity contribution in [2.75, 3.05) is 6.61 Å². The monoisotopic (exact) mass is 287 g/mol. The first kappa shape index (κ1) is 16.0. The Morgan fingerprint density at radius 3 is 2.48 bits per heavy atom. The Labute approximate surface area is 127 Å². The van der Waals surface area contributed by atoms with Crippen molar-refractivity contribution in [3.8, 4) is 6.07 Å². The summed E-state index contributed by atoms with van der Waals surface area (Å²) in [7, 11) is 0. The zero-order chi connectivity index (χ0) is 15.5. The molecule has 3 heteroatoms. The van der Waals surface area contributed by atoms with Crippen molar-refractivity contribution >= 4 is 0 Å². The maximum absolute atomic E-state index is 9.85. The van der Waals surface area contributed by atoms with Gasteiger partial charge in [0.15, 0.2) is 5.79 Å². The van der Waals surface area contributed by atoms with Crippen LogP contribution >= 0.6 is 0 Å². The second-order valence-corrected chi connectivity index (χ2v) is 6.59. The molecule has 3 nitrogen and oxygen atoms in total. The first-order valence-corrected chi connectivity index (χ1v) is 7.68. The Morgan fingerprint density at radius 2 is 2.00 bits per heavy atom. The summed E-state index contributed by atoms with van der Waals surface area (Å²) in [6, 6.07) is 12.7. The fraction of sp³-hybridized carbons (Fsp3) is 0.611. The molecule has 0 radical (unpaired) electrons. The van der Waals surface area contributed by atoms with Crippen LogP contribution in [-0.4, -0.2) is 18.5 Å². The molecular weight excluding hydrogens is 262 g/mol. The average Bonchev–Trinajstić information content (AvgIpc) is 2.80. The molecule has 1 heterocycles. The molecule has 114 valence electrons. The van der Waals surface area contributed by atoms with Crippen molar-refractivity contribution in [2.24, 2.45) is 5.92 Å². The van der Waals surface area contributed by atoms with Gasteiger partial charge in [0.25, 0.3) is 0 Å². The predicted octanol–water partition coefficient (Wildman–Crippen LogP) is 4.04. The van der Waals surface area contributed by atoms with Gasteiger partial charge < -0.3 is 9.47 Å². The topological polar surface area (TPSA) is 42.2 Å². The van der Waals surface area contributed by atoms with E-state index in [1.807, 2.05) is 32.0 Å². The largest absolute Gasteiger partial charge is 0.348 e. The van der Waals surface area contributed by atoms with Crippen LogP contribution in [0.4, 0.5) is 0 Å². The third-order valence-corrected chi connectivity index (χ3v) is 4.40. The molecular formula is C18H25NO2. The van der Waals surface area contributed by atoms with Crippen molar-refractivity contribution in [2.45, 2.75) is 57.8 Å². The van der Waals surface area contributed by atoms with E-state index in [9.17, 15) is 5.26 Å². The van der Waals surface area contributed by atoms with Gasteiger partial charge in [0, 0.05) is 0 Å². The van der Waals surface area contributed by atoms with E-state index < -0.39 is 11.2 Å². The van der Waals surface area contributed by atoms with Gasteiger partial charge in [0.1, 0.15) is 0 Å². The number of hydrogen-bond acceptors (Lipinski definition) is 3. The van der Waals surface area contributed by atoms with E-state index in [1.165, 1.54) is 0 Å². The molecule has 0 amide bonds. The van der Waals surface area contributed by atoms with Crippen LogP contribution < -0.4 is 0 Å². The SMILES string of the molecule is CC(C)C(C#N)(CC[C@@H]1COC(C)(C)O1)c1ccccc1. The molecule has 1 aliphatic rings. The lowest BCUT2D eigenvalue weighted by Crippen LogP contribution is -2.32. The summed E-state index contributed by atoms with van der Waals surface area (Å²) in [5.41, 5.74) is 0.637. The van der Waals surface area contributed by atoms with Crippen LogP contribution in [0.5, 0.6) is 0 Å². The van der Waals surface area contributed by atoms with Gasteiger partial charge in [0.05, 0.1) is 24.2 Å². The molecule has 0 aromatic heterocycles. The lowest BCUT2D eigenvalue weighted by molar-refractivity contribution is -0.139. The fourth-order valence-corrected chi connectivity index (χ4v) is 3.05. The van der Waals surface area contributed by atoms with Crippen LogP contribution in [0.25, 0.3) is 0 Å². The summed E-state index contributed by atoms with van der Waals surface area (Å²) in [6.07, 6.45) is 1.70. The van der Waals surface area contributed by atoms with Crippen molar-refractivity contribution < 1.29 is 9.47 Å². The lowest BCUT2D eigenvalue weighted by Gasteiger charge is -2.32. The molecule has 0 N–H and O–H groups in total. The molecule has 2 rings (SSSR count). The molecule has 0 aliphatic carbocycles. The van der Waals surface area contributed by atoms with Gasteiger partial charge in [-0.15, -0.1) is 0 Å². The molecule has 1 aromatic carbocycles. The highest BCUT2D eigenvalue weighted by atomic mass is 16.7. The standard InChI is InChI=1S/C18H25NO2/c1-14(2)18(13-19,15-8-6-5-7-9-15)11-10-16-12-20-17(3,4)21-16/h5-9,14,16H,10-12H2,1-4H3/t16-,18?/m1/s1. The van der Waals surface area contributed by atoms with Gasteiger partial charge >= 0.3 is 0 Å². The predicted molar refractivity (Wildman–Crippen MR) is 82.7 cm³/mol. The smallest absolute Gasteiger partial charge is 0.163 e. The maximum atomic E-state index is 9.85. The molecule has 0 spiro atoms. The maximum Gasteiger partial charge on any atom is 0.163 e. The molecule has 1 saturated heterocycles. The van der Waals surface area contributed by atoms with E-state index in [2.05, 4.69) is 32.0 Å². The third-order valence-electron chi connectivity index (χ3n) is 4.40. The normalized spacial score (nSPS) is 23.7. The molecule has 2 atom stereocenters. The van der Waals surface area contributed by atoms with Crippen LogP contribution in [0.1, 0.15) is 46.1 Å². The van der Waals surface area contributed by atoms with Gasteiger partial charge in [-0.1, -0.05) is 44.2 Å². The first-order valence-electron chi connectivity index (χ1n) is 7.68. The van der Waals surface area contributed by atoms with E-state index in [-0.39, 0.29) is 12.0 Å². The Hall–Kier alpha value is -1.37. The molecule has 1 aromatic rings. The molecule has 0 bridgehead atoms. The summed E-state index contributed by atoms with van der Waals surface area (Å²) in [5.74, 6) is -0.245. The minimum atomic E-state index is -0.495. The quantitative estimate of drug-likeness (QED) is 0.821. The molecule has 1 fully saturated rings. The van der Waals surface area contributed by atoms with Crippen LogP contribution in [0.3, 0.4) is 0 Å². The lowest BCUT2D eigenvalue weighted by atomic mass is 9.69. The van der Waals surface area contributed by atoms with Crippen LogP contribution in [0.2, 0.25) is 0 Å². The number of rotatable bonds is 5. The zero-order valence-electron chi connectivity index (χ0n) is 13.4. The summed E-state index contributed by atoms with van der Waals surface area (Å²) in [6.45, 7) is 8.72. The van der Waals surface area contributed by atoms with Gasteiger partial charge in [0.2, 0.25) is 0 Å². The van der Waals surface area contributed by atoms with E-state index in [0.717, 1.165) is 18.4 Å². The van der Waals surface area contributed by atoms with Crippen LogP contribution in [0.15, 0.2) is 30.3 Å². The Morgan fingerprint density at radius 1 is 1.33 bits per heavy atom. The minimum absolute atomic E-state index is 0.0789. The van der Waals surface area contributed by atoms with Crippen LogP contribution in [0, 0.1) is 17.2 Å². The number of benzene rings is 1. The molecule has 0 saturated carbocycles. The number of nitriles is 1. The van der Waals surface area contributed by atoms with Gasteiger partial charge in [-0.05, 0) is 38.2 Å². The van der Waals surface area contributed by atoms with Crippen molar-refractivity contribution in [3.63, 3.8) is 0 Å². The van der Waals surface area contributed by atoms with Crippen molar-refractivity contribution in [1.29, 1.82) is 5.26 Å². The second kappa shape index (κ2) is 6.17. The fourth-order valence-electron chi connectivity index (χ4n) is 3.05. The Bertz CT molecular complexity index is 504. The van der Waals surface area contributed by atoms with Crippen molar-refractivity contribution in [3.05, 3.63) is 35.9 Å². The number of hydrogen-bond donors (Lipinski definition) is 0. The first-order chi connectivity index (χ1) is 9.89. The Kier molecular flexibility index (Phi) is 4.70. The highest BCUT2D eigenvalue weighted by Gasteiger charge is 2.39. The number of ether oxygens (including phenoxy) is 2. The minimum Gasteiger partial charge on any atom is -0.348 e. The summed E-state index contributed by atoms with van der Waals surface area (Å²) < 4.78 is 11.5. The second-order valence-electron chi connectivity index (χ2n) is 6.59. The van der Waals surface area contributed by atoms with E-state index in [4.69, 9.17) is 9.47 Å². The highest BCUT2D eigenvalue weighted by molar-refractivity contribution is 5.33. The highest BCUT2D eigenvalue weighted by Crippen LogP contribution is 2.38. The summed E-state index contributed by atoms with van der Waals surface area (Å²) >= 11 is 0. The Balaban J connectivity index is 2.13. The van der Waals surface area contributed by atoms with Crippen molar-refractivity contribution in [1.82, 2.24) is 0 Å². The molecule has 21 heavy (non-hydrogen) atoms. The molecule has 1 aliphatic heterocycles. The summed E-state index contributed by atoms with van der Waals surface area (Å²) in [4.78, 5) is 0.